The molecule has 1 fully saturated rings. The van der Waals surface area contributed by atoms with E-state index in [4.69, 9.17) is 16.3 Å². The van der Waals surface area contributed by atoms with E-state index >= 15 is 0 Å². The highest BCUT2D eigenvalue weighted by Crippen LogP contribution is 2.19. The molecule has 0 radical (unpaired) electrons. The molecule has 0 amide bonds. The standard InChI is InChI=1S/C19H23ClN2O3S/c1-25-18-6-8-19(9-7-18)26(23,24)21-17-10-12-22(13-11-17)14-15-2-4-16(20)5-3-15/h2-9,17,21H,10-14H2,1H3. The topological polar surface area (TPSA) is 58.6 Å². The van der Waals surface area contributed by atoms with Crippen LogP contribution in [0.5, 0.6) is 5.75 Å². The molecule has 0 saturated carbocycles. The van der Waals surface area contributed by atoms with Crippen LogP contribution in [0.3, 0.4) is 0 Å². The lowest BCUT2D eigenvalue weighted by atomic mass is 10.1. The van der Waals surface area contributed by atoms with Gasteiger partial charge >= 0.3 is 0 Å². The summed E-state index contributed by atoms with van der Waals surface area (Å²) in [5.74, 6) is 0.638. The SMILES string of the molecule is COc1ccc(S(=O)(=O)NC2CCN(Cc3ccc(Cl)cc3)CC2)cc1. The predicted molar refractivity (Wildman–Crippen MR) is 103 cm³/mol. The van der Waals surface area contributed by atoms with Crippen LogP contribution in [0.25, 0.3) is 0 Å². The van der Waals surface area contributed by atoms with Crippen LogP contribution in [0.2, 0.25) is 5.02 Å². The predicted octanol–water partition coefficient (Wildman–Crippen LogP) is 3.29. The van der Waals surface area contributed by atoms with Crippen LogP contribution < -0.4 is 9.46 Å². The van der Waals surface area contributed by atoms with Gasteiger partial charge in [-0.3, -0.25) is 4.90 Å². The number of methoxy groups -OCH3 is 1. The van der Waals surface area contributed by atoms with Gasteiger partial charge in [0.2, 0.25) is 10.0 Å². The summed E-state index contributed by atoms with van der Waals surface area (Å²) in [5, 5.41) is 0.736. The van der Waals surface area contributed by atoms with Crippen LogP contribution in [0.4, 0.5) is 0 Å². The Hall–Kier alpha value is -1.60. The highest BCUT2D eigenvalue weighted by molar-refractivity contribution is 7.89. The van der Waals surface area contributed by atoms with Gasteiger partial charge in [-0.25, -0.2) is 13.1 Å². The van der Waals surface area contributed by atoms with Crippen molar-refractivity contribution in [3.05, 3.63) is 59.1 Å². The second kappa shape index (κ2) is 8.39. The molecule has 7 heteroatoms. The Balaban J connectivity index is 1.53. The molecule has 0 aliphatic carbocycles. The van der Waals surface area contributed by atoms with Crippen LogP contribution >= 0.6 is 11.6 Å². The molecule has 0 bridgehead atoms. The maximum Gasteiger partial charge on any atom is 0.240 e. The van der Waals surface area contributed by atoms with Gasteiger partial charge in [0.25, 0.3) is 0 Å². The van der Waals surface area contributed by atoms with E-state index in [1.165, 1.54) is 5.56 Å². The van der Waals surface area contributed by atoms with Crippen molar-refractivity contribution in [1.29, 1.82) is 0 Å². The van der Waals surface area contributed by atoms with Crippen molar-refractivity contribution >= 4 is 21.6 Å². The van der Waals surface area contributed by atoms with Gasteiger partial charge in [0, 0.05) is 30.7 Å². The molecule has 1 heterocycles. The van der Waals surface area contributed by atoms with E-state index in [1.54, 1.807) is 31.4 Å². The number of rotatable bonds is 6. The number of nitrogens with one attached hydrogen (secondary N) is 1. The van der Waals surface area contributed by atoms with Crippen molar-refractivity contribution < 1.29 is 13.2 Å². The minimum absolute atomic E-state index is 0.0384. The summed E-state index contributed by atoms with van der Waals surface area (Å²) in [5.41, 5.74) is 1.21. The van der Waals surface area contributed by atoms with E-state index < -0.39 is 10.0 Å². The third-order valence-electron chi connectivity index (χ3n) is 4.60. The van der Waals surface area contributed by atoms with E-state index in [0.717, 1.165) is 37.5 Å². The monoisotopic (exact) mass is 394 g/mol. The van der Waals surface area contributed by atoms with Gasteiger partial charge in [-0.15, -0.1) is 0 Å². The van der Waals surface area contributed by atoms with Crippen LogP contribution in [-0.2, 0) is 16.6 Å². The zero-order chi connectivity index (χ0) is 18.6. The van der Waals surface area contributed by atoms with E-state index in [9.17, 15) is 8.42 Å². The fourth-order valence-corrected chi connectivity index (χ4v) is 4.53. The number of likely N-dealkylation sites (tertiary alicyclic amines) is 1. The second-order valence-electron chi connectivity index (χ2n) is 6.47. The van der Waals surface area contributed by atoms with Gasteiger partial charge < -0.3 is 4.74 Å². The highest BCUT2D eigenvalue weighted by atomic mass is 35.5. The van der Waals surface area contributed by atoms with Gasteiger partial charge in [0.05, 0.1) is 12.0 Å². The minimum atomic E-state index is -3.50. The molecular weight excluding hydrogens is 372 g/mol. The van der Waals surface area contributed by atoms with Gasteiger partial charge in [0.15, 0.2) is 0 Å². The molecule has 0 atom stereocenters. The van der Waals surface area contributed by atoms with Gasteiger partial charge in [-0.1, -0.05) is 23.7 Å². The van der Waals surface area contributed by atoms with Crippen LogP contribution in [0.1, 0.15) is 18.4 Å². The Morgan fingerprint density at radius 2 is 1.69 bits per heavy atom. The number of hydrogen-bond acceptors (Lipinski definition) is 4. The van der Waals surface area contributed by atoms with Crippen molar-refractivity contribution in [3.8, 4) is 5.75 Å². The number of ether oxygens (including phenoxy) is 1. The quantitative estimate of drug-likeness (QED) is 0.816. The van der Waals surface area contributed by atoms with Crippen molar-refractivity contribution in [3.63, 3.8) is 0 Å². The molecule has 0 unspecified atom stereocenters. The molecular formula is C19H23ClN2O3S. The lowest BCUT2D eigenvalue weighted by Gasteiger charge is -2.32. The third-order valence-corrected chi connectivity index (χ3v) is 6.39. The number of piperidine rings is 1. The molecule has 140 valence electrons. The minimum Gasteiger partial charge on any atom is -0.497 e. The highest BCUT2D eigenvalue weighted by Gasteiger charge is 2.24. The summed E-state index contributed by atoms with van der Waals surface area (Å²) in [6, 6.07) is 14.3. The van der Waals surface area contributed by atoms with Crippen molar-refractivity contribution in [2.75, 3.05) is 20.2 Å². The molecule has 1 N–H and O–H groups in total. The first kappa shape index (κ1) is 19.2. The first-order valence-corrected chi connectivity index (χ1v) is 10.5. The molecule has 5 nitrogen and oxygen atoms in total. The molecule has 2 aromatic carbocycles. The first-order valence-electron chi connectivity index (χ1n) is 8.59. The first-order chi connectivity index (χ1) is 12.5. The Morgan fingerprint density at radius 1 is 1.08 bits per heavy atom. The Morgan fingerprint density at radius 3 is 2.27 bits per heavy atom. The lowest BCUT2D eigenvalue weighted by molar-refractivity contribution is 0.200. The Labute approximate surface area is 160 Å². The number of nitrogens with zero attached hydrogens (tertiary/aromatic N) is 1. The largest absolute Gasteiger partial charge is 0.497 e. The lowest BCUT2D eigenvalue weighted by Crippen LogP contribution is -2.44. The average Bonchev–Trinajstić information content (AvgIpc) is 2.65. The molecule has 2 aromatic rings. The number of halogens is 1. The summed E-state index contributed by atoms with van der Waals surface area (Å²) < 4.78 is 33.0. The zero-order valence-electron chi connectivity index (χ0n) is 14.7. The molecule has 0 aromatic heterocycles. The molecule has 1 saturated heterocycles. The normalized spacial score (nSPS) is 16.5. The van der Waals surface area contributed by atoms with E-state index in [0.29, 0.717) is 5.75 Å². The van der Waals surface area contributed by atoms with E-state index in [1.807, 2.05) is 24.3 Å². The summed E-state index contributed by atoms with van der Waals surface area (Å²) in [6.45, 7) is 2.58. The number of hydrogen-bond donors (Lipinski definition) is 1. The van der Waals surface area contributed by atoms with Gasteiger partial charge in [0.1, 0.15) is 5.75 Å². The Bertz CT molecular complexity index is 815. The summed E-state index contributed by atoms with van der Waals surface area (Å²) in [6.07, 6.45) is 1.59. The van der Waals surface area contributed by atoms with Crippen LogP contribution in [0.15, 0.2) is 53.4 Å². The Kier molecular flexibility index (Phi) is 6.19. The number of sulfonamides is 1. The van der Waals surface area contributed by atoms with E-state index in [2.05, 4.69) is 9.62 Å². The molecule has 3 rings (SSSR count). The van der Waals surface area contributed by atoms with Gasteiger partial charge in [-0.05, 0) is 54.8 Å². The molecule has 1 aliphatic rings. The zero-order valence-corrected chi connectivity index (χ0v) is 16.3. The van der Waals surface area contributed by atoms with Crippen molar-refractivity contribution in [2.24, 2.45) is 0 Å². The van der Waals surface area contributed by atoms with E-state index in [-0.39, 0.29) is 10.9 Å². The van der Waals surface area contributed by atoms with Crippen molar-refractivity contribution in [1.82, 2.24) is 9.62 Å². The number of benzene rings is 2. The van der Waals surface area contributed by atoms with Crippen LogP contribution in [0, 0.1) is 0 Å². The second-order valence-corrected chi connectivity index (χ2v) is 8.62. The maximum atomic E-state index is 12.5. The fraction of sp³-hybridized carbons (Fsp3) is 0.368. The third kappa shape index (κ3) is 4.98. The smallest absolute Gasteiger partial charge is 0.240 e. The summed E-state index contributed by atoms with van der Waals surface area (Å²) >= 11 is 5.92. The summed E-state index contributed by atoms with van der Waals surface area (Å²) in [7, 11) is -1.95. The fourth-order valence-electron chi connectivity index (χ4n) is 3.10. The van der Waals surface area contributed by atoms with Crippen molar-refractivity contribution in [2.45, 2.75) is 30.3 Å². The van der Waals surface area contributed by atoms with Crippen LogP contribution in [-0.4, -0.2) is 39.6 Å². The van der Waals surface area contributed by atoms with Gasteiger partial charge in [-0.2, -0.15) is 0 Å². The maximum absolute atomic E-state index is 12.5. The molecule has 0 spiro atoms. The molecule has 26 heavy (non-hydrogen) atoms. The summed E-state index contributed by atoms with van der Waals surface area (Å²) in [4.78, 5) is 2.60. The average molecular weight is 395 g/mol. The molecule has 1 aliphatic heterocycles.